The lowest BCUT2D eigenvalue weighted by atomic mass is 10.2. The fourth-order valence-electron chi connectivity index (χ4n) is 1.60. The normalized spacial score (nSPS) is 8.82. The molecule has 0 N–H and O–H groups in total. The van der Waals surface area contributed by atoms with Gasteiger partial charge in [0, 0.05) is 0 Å². The first-order valence-electron chi connectivity index (χ1n) is 12.4. The van der Waals surface area contributed by atoms with E-state index in [9.17, 15) is 0 Å². The molecule has 33 heavy (non-hydrogen) atoms. The summed E-state index contributed by atoms with van der Waals surface area (Å²) in [4.78, 5) is 0. The average molecular weight is 451 g/mol. The fourth-order valence-corrected chi connectivity index (χ4v) is 1.60. The molecule has 0 amide bonds. The Labute approximate surface area is 208 Å². The maximum absolute atomic E-state index is 2.17. The first kappa shape index (κ1) is 35.3. The Kier molecular flexibility index (Phi) is 27.7. The summed E-state index contributed by atoms with van der Waals surface area (Å²) < 4.78 is 0. The van der Waals surface area contributed by atoms with Crippen molar-refractivity contribution in [2.45, 2.75) is 83.1 Å². The molecule has 0 heteroatoms. The fraction of sp³-hybridized carbons (Fsp3) is 0.455. The molecule has 186 valence electrons. The van der Waals surface area contributed by atoms with Gasteiger partial charge in [-0.2, -0.15) is 0 Å². The molecule has 0 fully saturated rings. The molecule has 0 atom stereocenters. The highest BCUT2D eigenvalue weighted by Gasteiger charge is 1.73. The van der Waals surface area contributed by atoms with Crippen LogP contribution in [0, 0.1) is 38.5 Å². The van der Waals surface area contributed by atoms with Crippen LogP contribution in [0.2, 0.25) is 0 Å². The summed E-state index contributed by atoms with van der Waals surface area (Å²) in [6, 6.07) is 30.8. The van der Waals surface area contributed by atoms with E-state index in [1.165, 1.54) is 16.7 Å². The first-order chi connectivity index (χ1) is 15.4. The maximum Gasteiger partial charge on any atom is -0.0398 e. The third-order valence-corrected chi connectivity index (χ3v) is 2.82. The Balaban J connectivity index is -0.000000335. The van der Waals surface area contributed by atoms with Crippen LogP contribution in [-0.4, -0.2) is 0 Å². The van der Waals surface area contributed by atoms with E-state index in [-0.39, 0.29) is 0 Å². The summed E-state index contributed by atoms with van der Waals surface area (Å²) in [6.45, 7) is 25.7. The Hall–Kier alpha value is -2.34. The van der Waals surface area contributed by atoms with Gasteiger partial charge in [-0.25, -0.2) is 0 Å². The summed E-state index contributed by atoms with van der Waals surface area (Å²) in [5.41, 5.74) is 3.97. The van der Waals surface area contributed by atoms with Crippen LogP contribution in [0.5, 0.6) is 0 Å². The van der Waals surface area contributed by atoms with Crippen molar-refractivity contribution in [3.63, 3.8) is 0 Å². The molecule has 0 aliphatic carbocycles. The smallest absolute Gasteiger partial charge is 0.0398 e. The van der Waals surface area contributed by atoms with E-state index in [0.717, 1.165) is 17.8 Å². The lowest BCUT2D eigenvalue weighted by molar-refractivity contribution is 0.736. The van der Waals surface area contributed by atoms with E-state index >= 15 is 0 Å². The molecule has 0 unspecified atom stereocenters. The van der Waals surface area contributed by atoms with Crippen LogP contribution in [0.1, 0.15) is 79.0 Å². The van der Waals surface area contributed by atoms with Crippen LogP contribution in [0.15, 0.2) is 91.0 Å². The van der Waals surface area contributed by atoms with Crippen molar-refractivity contribution in [1.29, 1.82) is 0 Å². The lowest BCUT2D eigenvalue weighted by Gasteiger charge is -1.82. The molecule has 0 nitrogen and oxygen atoms in total. The Bertz CT molecular complexity index is 583. The topological polar surface area (TPSA) is 0 Å². The minimum absolute atomic E-state index is 0.833. The highest BCUT2D eigenvalue weighted by Crippen LogP contribution is 1.93. The van der Waals surface area contributed by atoms with E-state index in [1.54, 1.807) is 0 Å². The molecule has 0 aromatic heterocycles. The second kappa shape index (κ2) is 25.9. The third kappa shape index (κ3) is 48.4. The van der Waals surface area contributed by atoms with Gasteiger partial charge in [0.25, 0.3) is 0 Å². The first-order valence-corrected chi connectivity index (χ1v) is 12.4. The van der Waals surface area contributed by atoms with Gasteiger partial charge in [0.15, 0.2) is 0 Å². The Morgan fingerprint density at radius 2 is 0.424 bits per heavy atom. The van der Waals surface area contributed by atoms with Gasteiger partial charge >= 0.3 is 0 Å². The van der Waals surface area contributed by atoms with E-state index in [0.29, 0.717) is 0 Å². The van der Waals surface area contributed by atoms with Crippen molar-refractivity contribution in [3.05, 3.63) is 108 Å². The molecule has 0 aliphatic heterocycles. The predicted octanol–water partition coefficient (Wildman–Crippen LogP) is 11.0. The van der Waals surface area contributed by atoms with Crippen molar-refractivity contribution in [2.75, 3.05) is 0 Å². The molecule has 3 aromatic rings. The monoisotopic (exact) mass is 450 g/mol. The van der Waals surface area contributed by atoms with Gasteiger partial charge in [0.1, 0.15) is 0 Å². The summed E-state index contributed by atoms with van der Waals surface area (Å²) in [5.74, 6) is 2.50. The van der Waals surface area contributed by atoms with E-state index in [1.807, 2.05) is 54.6 Å². The quantitative estimate of drug-likeness (QED) is 0.319. The van der Waals surface area contributed by atoms with Gasteiger partial charge in [-0.15, -0.1) is 0 Å². The molecular weight excluding hydrogens is 396 g/mol. The molecule has 0 aliphatic rings. The van der Waals surface area contributed by atoms with Crippen LogP contribution < -0.4 is 0 Å². The average Bonchev–Trinajstić information content (AvgIpc) is 2.69. The van der Waals surface area contributed by atoms with E-state index in [2.05, 4.69) is 119 Å². The summed E-state index contributed by atoms with van der Waals surface area (Å²) in [7, 11) is 0. The molecule has 3 rings (SSSR count). The number of rotatable bonds is 0. The number of hydrogen-bond acceptors (Lipinski definition) is 0. The minimum atomic E-state index is 0.833. The van der Waals surface area contributed by atoms with Crippen molar-refractivity contribution in [1.82, 2.24) is 0 Å². The molecule has 0 heterocycles. The molecule has 0 radical (unpaired) electrons. The molecule has 0 saturated carbocycles. The summed E-state index contributed by atoms with van der Waals surface area (Å²) in [6.07, 6.45) is 0. The second-order valence-electron chi connectivity index (χ2n) is 10.2. The molecule has 3 aromatic carbocycles. The van der Waals surface area contributed by atoms with Crippen LogP contribution in [0.4, 0.5) is 0 Å². The zero-order valence-corrected chi connectivity index (χ0v) is 23.9. The highest BCUT2D eigenvalue weighted by molar-refractivity contribution is 5.13. The van der Waals surface area contributed by atoms with Crippen LogP contribution in [0.3, 0.4) is 0 Å². The predicted molar refractivity (Wildman–Crippen MR) is 155 cm³/mol. The van der Waals surface area contributed by atoms with Gasteiger partial charge < -0.3 is 0 Å². The van der Waals surface area contributed by atoms with Crippen molar-refractivity contribution in [3.8, 4) is 0 Å². The van der Waals surface area contributed by atoms with Gasteiger partial charge in [-0.3, -0.25) is 0 Å². The standard InChI is InChI=1S/3C7H8.3C4H10/c3*1-7-5-3-2-4-6-7;3*1-4(2)3/h3*2-6H,1H3;3*4H,1-3H3. The van der Waals surface area contributed by atoms with Gasteiger partial charge in [-0.05, 0) is 38.5 Å². The second-order valence-corrected chi connectivity index (χ2v) is 10.2. The number of hydrogen-bond donors (Lipinski definition) is 0. The van der Waals surface area contributed by atoms with Crippen molar-refractivity contribution >= 4 is 0 Å². The molecular formula is C33H54. The molecule has 0 spiro atoms. The van der Waals surface area contributed by atoms with Crippen molar-refractivity contribution < 1.29 is 0 Å². The van der Waals surface area contributed by atoms with Crippen LogP contribution in [0.25, 0.3) is 0 Å². The van der Waals surface area contributed by atoms with Crippen molar-refractivity contribution in [2.24, 2.45) is 17.8 Å². The van der Waals surface area contributed by atoms with Crippen LogP contribution >= 0.6 is 0 Å². The number of benzene rings is 3. The SMILES string of the molecule is CC(C)C.CC(C)C.CC(C)C.Cc1ccccc1.Cc1ccccc1.Cc1ccccc1. The van der Waals surface area contributed by atoms with E-state index < -0.39 is 0 Å². The molecule has 0 saturated heterocycles. The Morgan fingerprint density at radius 3 is 0.485 bits per heavy atom. The largest absolute Gasteiger partial charge is 0.0630 e. The summed E-state index contributed by atoms with van der Waals surface area (Å²) in [5, 5.41) is 0. The maximum atomic E-state index is 2.17. The lowest BCUT2D eigenvalue weighted by Crippen LogP contribution is -1.66. The van der Waals surface area contributed by atoms with Crippen LogP contribution in [-0.2, 0) is 0 Å². The minimum Gasteiger partial charge on any atom is -0.0630 e. The number of aryl methyl sites for hydroxylation is 3. The van der Waals surface area contributed by atoms with Gasteiger partial charge in [-0.1, -0.05) is 170 Å². The molecule has 0 bridgehead atoms. The zero-order chi connectivity index (χ0) is 26.1. The van der Waals surface area contributed by atoms with E-state index in [4.69, 9.17) is 0 Å². The summed E-state index contributed by atoms with van der Waals surface area (Å²) >= 11 is 0. The van der Waals surface area contributed by atoms with Gasteiger partial charge in [0.05, 0.1) is 0 Å². The zero-order valence-electron chi connectivity index (χ0n) is 23.9. The van der Waals surface area contributed by atoms with Gasteiger partial charge in [0.2, 0.25) is 0 Å². The highest BCUT2D eigenvalue weighted by atomic mass is 13.8. The third-order valence-electron chi connectivity index (χ3n) is 2.82. The Morgan fingerprint density at radius 1 is 0.303 bits per heavy atom.